The van der Waals surface area contributed by atoms with E-state index in [0.717, 1.165) is 50.4 Å². The number of aromatic nitrogens is 4. The van der Waals surface area contributed by atoms with Crippen molar-refractivity contribution in [2.45, 2.75) is 0 Å². The predicted molar refractivity (Wildman–Crippen MR) is 132 cm³/mol. The molecule has 0 atom stereocenters. The average molecular weight is 476 g/mol. The second-order valence-electron chi connectivity index (χ2n) is 8.20. The van der Waals surface area contributed by atoms with Crippen molar-refractivity contribution >= 4 is 45.0 Å². The van der Waals surface area contributed by atoms with E-state index in [0.29, 0.717) is 0 Å². The first kappa shape index (κ1) is 19.8. The van der Waals surface area contributed by atoms with Gasteiger partial charge in [0.15, 0.2) is 0 Å². The zero-order valence-electron chi connectivity index (χ0n) is 17.8. The van der Waals surface area contributed by atoms with Gasteiger partial charge >= 0.3 is 0 Å². The number of hydrogen-bond acceptors (Lipinski definition) is 2. The van der Waals surface area contributed by atoms with Crippen molar-refractivity contribution in [3.05, 3.63) is 96.3 Å². The number of aromatic amines is 2. The Balaban J connectivity index is 0.00000206. The second kappa shape index (κ2) is 7.65. The Labute approximate surface area is 202 Å². The van der Waals surface area contributed by atoms with E-state index in [1.807, 2.05) is 12.2 Å². The normalized spacial score (nSPS) is 11.9. The van der Waals surface area contributed by atoms with Crippen LogP contribution in [0.1, 0.15) is 11.4 Å². The molecule has 5 aromatic rings. The van der Waals surface area contributed by atoms with E-state index in [1.54, 1.807) is 0 Å². The van der Waals surface area contributed by atoms with Crippen molar-refractivity contribution in [1.29, 1.82) is 0 Å². The molecule has 0 spiro atoms. The molecule has 5 heteroatoms. The van der Waals surface area contributed by atoms with Gasteiger partial charge in [0, 0.05) is 52.7 Å². The van der Waals surface area contributed by atoms with Gasteiger partial charge in [0.25, 0.3) is 0 Å². The van der Waals surface area contributed by atoms with E-state index in [2.05, 4.69) is 94.9 Å². The predicted octanol–water partition coefficient (Wildman–Crippen LogP) is 6.97. The standard InChI is InChI=1S/C28H18N4.Zn/c1-2-4-24-17(3-1)5-12-25-26-15-22-10-8-20(30-22)13-18-6-7-19(29-18)14-21-9-11-23(31-21)16-27(32-26)28(24)25;/h1-16,30-31H;. The molecule has 152 valence electrons. The molecule has 2 aliphatic heterocycles. The smallest absolute Gasteiger partial charge is 0.0743 e. The van der Waals surface area contributed by atoms with Crippen molar-refractivity contribution in [3.63, 3.8) is 0 Å². The number of nitrogens with one attached hydrogen (secondary N) is 2. The molecule has 0 amide bonds. The second-order valence-corrected chi connectivity index (χ2v) is 8.20. The monoisotopic (exact) mass is 474 g/mol. The zero-order valence-corrected chi connectivity index (χ0v) is 20.8. The fourth-order valence-electron chi connectivity index (χ4n) is 4.59. The molecule has 4 nitrogen and oxygen atoms in total. The Bertz CT molecular complexity index is 1740. The molecule has 0 saturated heterocycles. The van der Waals surface area contributed by atoms with Gasteiger partial charge in [-0.05, 0) is 71.5 Å². The average Bonchev–Trinajstić information content (AvgIpc) is 3.59. The van der Waals surface area contributed by atoms with E-state index in [9.17, 15) is 0 Å². The molecule has 0 saturated carbocycles. The molecule has 33 heavy (non-hydrogen) atoms. The Hall–Kier alpha value is -3.82. The van der Waals surface area contributed by atoms with E-state index < -0.39 is 0 Å². The van der Waals surface area contributed by atoms with Crippen molar-refractivity contribution in [2.24, 2.45) is 0 Å². The van der Waals surface area contributed by atoms with Gasteiger partial charge < -0.3 is 9.97 Å². The topological polar surface area (TPSA) is 57.4 Å². The van der Waals surface area contributed by atoms with Crippen LogP contribution in [-0.2, 0) is 19.5 Å². The van der Waals surface area contributed by atoms with Gasteiger partial charge in [-0.25, -0.2) is 9.97 Å². The maximum Gasteiger partial charge on any atom is 0.0743 e. The number of benzene rings is 2. The fraction of sp³-hybridized carbons (Fsp3) is 0. The van der Waals surface area contributed by atoms with Crippen LogP contribution in [0, 0.1) is 0 Å². The summed E-state index contributed by atoms with van der Waals surface area (Å²) in [6, 6.07) is 29.6. The third kappa shape index (κ3) is 3.42. The Morgan fingerprint density at radius 1 is 0.545 bits per heavy atom. The van der Waals surface area contributed by atoms with E-state index in [1.165, 1.54) is 16.3 Å². The van der Waals surface area contributed by atoms with Crippen molar-refractivity contribution in [2.75, 3.05) is 0 Å². The van der Waals surface area contributed by atoms with Crippen LogP contribution in [0.25, 0.3) is 67.5 Å². The SMILES string of the molecule is C1=Cc2cc3ccc(cc4nc(cc5ccc(cc1n2)[nH]5)-c1ccc2ccccc2c1-4)[nH]3.[Zn]. The van der Waals surface area contributed by atoms with Gasteiger partial charge in [0.2, 0.25) is 0 Å². The maximum atomic E-state index is 5.06. The van der Waals surface area contributed by atoms with Crippen LogP contribution in [0.4, 0.5) is 0 Å². The van der Waals surface area contributed by atoms with Gasteiger partial charge in [-0.15, -0.1) is 0 Å². The van der Waals surface area contributed by atoms with Gasteiger partial charge in [-0.2, -0.15) is 0 Å². The number of hydrogen-bond donors (Lipinski definition) is 2. The molecule has 5 heterocycles. The van der Waals surface area contributed by atoms with Crippen LogP contribution in [0.3, 0.4) is 0 Å². The Morgan fingerprint density at radius 2 is 1.15 bits per heavy atom. The minimum absolute atomic E-state index is 0. The van der Waals surface area contributed by atoms with Crippen LogP contribution >= 0.6 is 0 Å². The summed E-state index contributed by atoms with van der Waals surface area (Å²) in [7, 11) is 0. The molecular weight excluding hydrogens is 458 g/mol. The molecule has 2 N–H and O–H groups in total. The first-order valence-electron chi connectivity index (χ1n) is 10.7. The molecule has 0 unspecified atom stereocenters. The van der Waals surface area contributed by atoms with Crippen LogP contribution < -0.4 is 0 Å². The van der Waals surface area contributed by atoms with E-state index in [4.69, 9.17) is 9.97 Å². The maximum absolute atomic E-state index is 5.06. The molecule has 7 rings (SSSR count). The van der Waals surface area contributed by atoms with Crippen LogP contribution in [0.5, 0.6) is 0 Å². The molecular formula is C28H18N4Zn. The van der Waals surface area contributed by atoms with Crippen LogP contribution in [0.15, 0.2) is 84.9 Å². The number of nitrogens with zero attached hydrogens (tertiary/aromatic N) is 2. The Morgan fingerprint density at radius 3 is 1.85 bits per heavy atom. The number of rotatable bonds is 0. The van der Waals surface area contributed by atoms with Crippen LogP contribution in [-0.4, -0.2) is 19.9 Å². The fourth-order valence-corrected chi connectivity index (χ4v) is 4.59. The first-order valence-corrected chi connectivity index (χ1v) is 10.7. The molecule has 2 aromatic carbocycles. The van der Waals surface area contributed by atoms with Crippen molar-refractivity contribution < 1.29 is 19.5 Å². The van der Waals surface area contributed by atoms with Gasteiger partial charge in [-0.3, -0.25) is 0 Å². The van der Waals surface area contributed by atoms with Gasteiger partial charge in [-0.1, -0.05) is 36.4 Å². The summed E-state index contributed by atoms with van der Waals surface area (Å²) < 4.78 is 0. The van der Waals surface area contributed by atoms with E-state index >= 15 is 0 Å². The third-order valence-electron chi connectivity index (χ3n) is 6.04. The summed E-state index contributed by atoms with van der Waals surface area (Å²) in [5, 5.41) is 2.43. The summed E-state index contributed by atoms with van der Waals surface area (Å²) in [5.41, 5.74) is 10.2. The molecule has 0 fully saturated rings. The minimum atomic E-state index is 0. The van der Waals surface area contributed by atoms with Crippen molar-refractivity contribution in [1.82, 2.24) is 19.9 Å². The molecule has 0 aliphatic carbocycles. The zero-order chi connectivity index (χ0) is 21.1. The summed E-state index contributed by atoms with van der Waals surface area (Å²) in [6.07, 6.45) is 4.07. The summed E-state index contributed by atoms with van der Waals surface area (Å²) in [4.78, 5) is 16.7. The molecule has 2 aliphatic rings. The molecule has 8 bridgehead atoms. The first-order chi connectivity index (χ1) is 15.8. The largest absolute Gasteiger partial charge is 0.355 e. The Kier molecular flexibility index (Phi) is 4.60. The molecule has 3 aromatic heterocycles. The van der Waals surface area contributed by atoms with Gasteiger partial charge in [0.05, 0.1) is 22.8 Å². The molecule has 0 radical (unpaired) electrons. The van der Waals surface area contributed by atoms with Crippen molar-refractivity contribution in [3.8, 4) is 22.5 Å². The third-order valence-corrected chi connectivity index (χ3v) is 6.04. The number of H-pyrrole nitrogens is 2. The van der Waals surface area contributed by atoms with E-state index in [-0.39, 0.29) is 19.5 Å². The van der Waals surface area contributed by atoms with Gasteiger partial charge in [0.1, 0.15) is 0 Å². The quantitative estimate of drug-likeness (QED) is 0.233. The minimum Gasteiger partial charge on any atom is -0.355 e. The summed E-state index contributed by atoms with van der Waals surface area (Å²) in [6.45, 7) is 0. The number of fused-ring (bicyclic) bond motifs is 13. The summed E-state index contributed by atoms with van der Waals surface area (Å²) in [5.74, 6) is 0. The summed E-state index contributed by atoms with van der Waals surface area (Å²) >= 11 is 0. The van der Waals surface area contributed by atoms with Crippen LogP contribution in [0.2, 0.25) is 0 Å².